The quantitative estimate of drug-likeness (QED) is 0.468. The molecule has 2 fully saturated rings. The monoisotopic (exact) mass is 422 g/mol. The Hall–Kier alpha value is -2.50. The number of aromatic nitrogens is 2. The number of nitrogens with zero attached hydrogens (tertiary/aromatic N) is 4. The summed E-state index contributed by atoms with van der Waals surface area (Å²) in [7, 11) is 1.48. The number of nitrogens with one attached hydrogen (secondary N) is 1. The topological polar surface area (TPSA) is 134 Å². The van der Waals surface area contributed by atoms with Crippen LogP contribution in [0.4, 0.5) is 5.82 Å². The Morgan fingerprint density at radius 1 is 1.00 bits per heavy atom. The molecule has 0 saturated carbocycles. The minimum Gasteiger partial charge on any atom is -0.384 e. The van der Waals surface area contributed by atoms with Crippen LogP contribution in [-0.4, -0.2) is 102 Å². The third-order valence-electron chi connectivity index (χ3n) is 5.69. The number of hydrogen-bond acceptors (Lipinski definition) is 8. The number of ether oxygens (including phenoxy) is 1. The lowest BCUT2D eigenvalue weighted by Crippen LogP contribution is -2.51. The zero-order valence-corrected chi connectivity index (χ0v) is 17.4. The van der Waals surface area contributed by atoms with E-state index in [4.69, 9.17) is 10.5 Å². The maximum Gasteiger partial charge on any atom is 0.330 e. The van der Waals surface area contributed by atoms with Crippen LogP contribution < -0.4 is 17.0 Å². The van der Waals surface area contributed by atoms with Crippen LogP contribution in [0.2, 0.25) is 0 Å². The van der Waals surface area contributed by atoms with Crippen LogP contribution in [0.15, 0.2) is 9.59 Å². The van der Waals surface area contributed by atoms with Crippen molar-refractivity contribution in [2.75, 3.05) is 71.8 Å². The van der Waals surface area contributed by atoms with E-state index in [1.807, 2.05) is 9.80 Å². The first-order valence-electron chi connectivity index (χ1n) is 10.3. The molecule has 0 aromatic carbocycles. The first kappa shape index (κ1) is 22.2. The second kappa shape index (κ2) is 10.0. The summed E-state index contributed by atoms with van der Waals surface area (Å²) in [5, 5.41) is 0. The molecular formula is C19H30N6O5. The number of H-pyrrole nitrogens is 1. The number of hydrogen-bond donors (Lipinski definition) is 2. The van der Waals surface area contributed by atoms with E-state index in [2.05, 4.69) is 9.88 Å². The maximum absolute atomic E-state index is 12.8. The van der Waals surface area contributed by atoms with E-state index in [9.17, 15) is 19.2 Å². The Morgan fingerprint density at radius 3 is 2.20 bits per heavy atom. The molecule has 0 spiro atoms. The van der Waals surface area contributed by atoms with Crippen molar-refractivity contribution in [2.45, 2.75) is 19.4 Å². The number of amides is 1. The smallest absolute Gasteiger partial charge is 0.330 e. The van der Waals surface area contributed by atoms with Gasteiger partial charge in [0.25, 0.3) is 5.56 Å². The van der Waals surface area contributed by atoms with Crippen molar-refractivity contribution in [3.05, 3.63) is 26.4 Å². The summed E-state index contributed by atoms with van der Waals surface area (Å²) >= 11 is 0. The summed E-state index contributed by atoms with van der Waals surface area (Å²) in [5.74, 6) is -0.406. The lowest BCUT2D eigenvalue weighted by Gasteiger charge is -2.34. The van der Waals surface area contributed by atoms with Gasteiger partial charge in [0, 0.05) is 46.4 Å². The predicted molar refractivity (Wildman–Crippen MR) is 111 cm³/mol. The number of ketones is 1. The number of piperazine rings is 1. The maximum atomic E-state index is 12.8. The molecule has 2 saturated heterocycles. The van der Waals surface area contributed by atoms with Crippen LogP contribution in [0.3, 0.4) is 0 Å². The highest BCUT2D eigenvalue weighted by molar-refractivity contribution is 6.01. The lowest BCUT2D eigenvalue weighted by molar-refractivity contribution is -0.131. The Kier molecular flexibility index (Phi) is 7.40. The zero-order chi connectivity index (χ0) is 21.7. The SMILES string of the molecule is COCCn1c(N)c(C(=O)CN2CCN(CC(=O)N3CCCC3)CC2)c(=O)[nH]c1=O. The number of Topliss-reactive ketones (excluding diaryl/α,β-unsaturated/α-hetero) is 1. The van der Waals surface area contributed by atoms with Crippen molar-refractivity contribution in [1.29, 1.82) is 0 Å². The van der Waals surface area contributed by atoms with Crippen LogP contribution in [0.25, 0.3) is 0 Å². The van der Waals surface area contributed by atoms with Gasteiger partial charge in [-0.05, 0) is 12.8 Å². The molecular weight excluding hydrogens is 392 g/mol. The van der Waals surface area contributed by atoms with E-state index >= 15 is 0 Å². The number of nitrogens with two attached hydrogens (primary N) is 1. The first-order chi connectivity index (χ1) is 14.4. The van der Waals surface area contributed by atoms with E-state index in [1.165, 1.54) is 7.11 Å². The third kappa shape index (κ3) is 5.15. The van der Waals surface area contributed by atoms with Gasteiger partial charge in [-0.25, -0.2) is 4.79 Å². The number of nitrogen functional groups attached to an aromatic ring is 1. The highest BCUT2D eigenvalue weighted by atomic mass is 16.5. The molecule has 3 N–H and O–H groups in total. The average Bonchev–Trinajstić information content (AvgIpc) is 3.24. The van der Waals surface area contributed by atoms with Gasteiger partial charge in [0.05, 0.1) is 26.2 Å². The summed E-state index contributed by atoms with van der Waals surface area (Å²) in [6, 6.07) is 0. The number of anilines is 1. The Labute approximate surface area is 174 Å². The molecule has 3 rings (SSSR count). The molecule has 1 aromatic heterocycles. The highest BCUT2D eigenvalue weighted by Gasteiger charge is 2.26. The van der Waals surface area contributed by atoms with Gasteiger partial charge in [0.15, 0.2) is 5.78 Å². The van der Waals surface area contributed by atoms with Crippen molar-refractivity contribution in [2.24, 2.45) is 0 Å². The second-order valence-electron chi connectivity index (χ2n) is 7.73. The van der Waals surface area contributed by atoms with Crippen molar-refractivity contribution in [3.63, 3.8) is 0 Å². The van der Waals surface area contributed by atoms with Crippen LogP contribution in [0.1, 0.15) is 23.2 Å². The molecule has 2 aliphatic rings. The summed E-state index contributed by atoms with van der Waals surface area (Å²) in [6.45, 7) is 5.05. The number of likely N-dealkylation sites (tertiary alicyclic amines) is 1. The van der Waals surface area contributed by atoms with Gasteiger partial charge in [0.2, 0.25) is 5.91 Å². The van der Waals surface area contributed by atoms with Crippen LogP contribution in [0.5, 0.6) is 0 Å². The van der Waals surface area contributed by atoms with Crippen molar-refractivity contribution in [3.8, 4) is 0 Å². The fraction of sp³-hybridized carbons (Fsp3) is 0.684. The Bertz CT molecular complexity index is 880. The fourth-order valence-electron chi connectivity index (χ4n) is 3.91. The molecule has 0 atom stereocenters. The van der Waals surface area contributed by atoms with Crippen LogP contribution >= 0.6 is 0 Å². The van der Waals surface area contributed by atoms with Crippen LogP contribution in [0, 0.1) is 0 Å². The van der Waals surface area contributed by atoms with Gasteiger partial charge in [-0.2, -0.15) is 0 Å². The van der Waals surface area contributed by atoms with Gasteiger partial charge in [0.1, 0.15) is 11.4 Å². The number of rotatable bonds is 8. The number of carbonyl (C=O) groups excluding carboxylic acids is 2. The molecule has 0 unspecified atom stereocenters. The third-order valence-corrected chi connectivity index (χ3v) is 5.69. The molecule has 2 aliphatic heterocycles. The van der Waals surface area contributed by atoms with Gasteiger partial charge >= 0.3 is 5.69 Å². The van der Waals surface area contributed by atoms with Gasteiger partial charge in [-0.3, -0.25) is 33.7 Å². The number of methoxy groups -OCH3 is 1. The molecule has 0 bridgehead atoms. The van der Waals surface area contributed by atoms with E-state index in [0.29, 0.717) is 32.7 Å². The lowest BCUT2D eigenvalue weighted by atomic mass is 10.1. The summed E-state index contributed by atoms with van der Waals surface area (Å²) in [5.41, 5.74) is 4.33. The number of carbonyl (C=O) groups is 2. The molecule has 1 aromatic rings. The van der Waals surface area contributed by atoms with E-state index in [1.54, 1.807) is 0 Å². The molecule has 0 radical (unpaired) electrons. The standard InChI is InChI=1S/C19H30N6O5/c1-30-11-10-25-17(20)16(18(28)21-19(25)29)14(26)12-22-6-8-23(9-7-22)13-15(27)24-4-2-3-5-24/h2-13,20H2,1H3,(H,21,28,29). The minimum absolute atomic E-state index is 0.0314. The summed E-state index contributed by atoms with van der Waals surface area (Å²) in [6.07, 6.45) is 2.14. The van der Waals surface area contributed by atoms with Crippen molar-refractivity contribution >= 4 is 17.5 Å². The van der Waals surface area contributed by atoms with E-state index < -0.39 is 17.0 Å². The molecule has 0 aliphatic carbocycles. The normalized spacial score (nSPS) is 18.1. The van der Waals surface area contributed by atoms with E-state index in [-0.39, 0.29) is 37.0 Å². The van der Waals surface area contributed by atoms with Gasteiger partial charge < -0.3 is 15.4 Å². The molecule has 1 amide bonds. The summed E-state index contributed by atoms with van der Waals surface area (Å²) < 4.78 is 6.08. The van der Waals surface area contributed by atoms with E-state index in [0.717, 1.165) is 30.5 Å². The van der Waals surface area contributed by atoms with Gasteiger partial charge in [-0.15, -0.1) is 0 Å². The highest BCUT2D eigenvalue weighted by Crippen LogP contribution is 2.11. The Balaban J connectivity index is 1.57. The first-order valence-corrected chi connectivity index (χ1v) is 10.3. The van der Waals surface area contributed by atoms with Gasteiger partial charge in [-0.1, -0.05) is 0 Å². The van der Waals surface area contributed by atoms with Crippen LogP contribution in [-0.2, 0) is 16.1 Å². The minimum atomic E-state index is -0.772. The predicted octanol–water partition coefficient (Wildman–Crippen LogP) is -1.81. The zero-order valence-electron chi connectivity index (χ0n) is 17.4. The van der Waals surface area contributed by atoms with Crippen molar-refractivity contribution < 1.29 is 14.3 Å². The summed E-state index contributed by atoms with van der Waals surface area (Å²) in [4.78, 5) is 57.3. The molecule has 11 nitrogen and oxygen atoms in total. The molecule has 166 valence electrons. The second-order valence-corrected chi connectivity index (χ2v) is 7.73. The Morgan fingerprint density at radius 2 is 1.60 bits per heavy atom. The van der Waals surface area contributed by atoms with Crippen molar-refractivity contribution in [1.82, 2.24) is 24.3 Å². The molecule has 11 heteroatoms. The number of aromatic amines is 1. The average molecular weight is 422 g/mol. The molecule has 3 heterocycles. The molecule has 30 heavy (non-hydrogen) atoms. The largest absolute Gasteiger partial charge is 0.384 e. The fourth-order valence-corrected chi connectivity index (χ4v) is 3.91.